The number of carbonyl (C=O) groups is 1. The highest BCUT2D eigenvalue weighted by Crippen LogP contribution is 2.29. The van der Waals surface area contributed by atoms with Gasteiger partial charge in [-0.2, -0.15) is 0 Å². The summed E-state index contributed by atoms with van der Waals surface area (Å²) in [5.74, 6) is 0.552. The van der Waals surface area contributed by atoms with Crippen LogP contribution in [0.1, 0.15) is 28.8 Å². The molecule has 0 atom stereocenters. The van der Waals surface area contributed by atoms with Crippen molar-refractivity contribution in [3.63, 3.8) is 0 Å². The molecule has 0 aliphatic heterocycles. The summed E-state index contributed by atoms with van der Waals surface area (Å²) in [5.41, 5.74) is 2.82. The number of hydrogen-bond acceptors (Lipinski definition) is 3. The van der Waals surface area contributed by atoms with Crippen molar-refractivity contribution in [3.05, 3.63) is 29.3 Å². The first kappa shape index (κ1) is 12.1. The molecular formula is C14H19NO2. The van der Waals surface area contributed by atoms with Crippen LogP contribution in [0.25, 0.3) is 0 Å². The fourth-order valence-electron chi connectivity index (χ4n) is 2.45. The average Bonchev–Trinajstić information content (AvgIpc) is 2.26. The minimum absolute atomic E-state index is 0.114. The van der Waals surface area contributed by atoms with Gasteiger partial charge in [-0.05, 0) is 37.8 Å². The maximum absolute atomic E-state index is 11.0. The molecule has 0 unspecified atom stereocenters. The summed E-state index contributed by atoms with van der Waals surface area (Å²) < 4.78 is 0. The molecule has 92 valence electrons. The van der Waals surface area contributed by atoms with Crippen LogP contribution in [0.15, 0.2) is 18.2 Å². The molecule has 17 heavy (non-hydrogen) atoms. The molecule has 1 aromatic carbocycles. The summed E-state index contributed by atoms with van der Waals surface area (Å²) >= 11 is 0. The number of nitrogens with zero attached hydrogens (tertiary/aromatic N) is 1. The van der Waals surface area contributed by atoms with Crippen LogP contribution >= 0.6 is 0 Å². The highest BCUT2D eigenvalue weighted by Gasteiger charge is 2.28. The predicted molar refractivity (Wildman–Crippen MR) is 68.6 cm³/mol. The van der Waals surface area contributed by atoms with Crippen LogP contribution in [0.2, 0.25) is 0 Å². The van der Waals surface area contributed by atoms with E-state index in [1.807, 2.05) is 32.2 Å². The number of aryl methyl sites for hydroxylation is 1. The normalized spacial score (nSPS) is 23.0. The van der Waals surface area contributed by atoms with Gasteiger partial charge in [0.25, 0.3) is 0 Å². The van der Waals surface area contributed by atoms with Crippen molar-refractivity contribution in [1.82, 2.24) is 0 Å². The molecule has 1 fully saturated rings. The third-order valence-electron chi connectivity index (χ3n) is 3.46. The molecule has 0 bridgehead atoms. The molecule has 0 aromatic heterocycles. The number of aldehydes is 1. The lowest BCUT2D eigenvalue weighted by molar-refractivity contribution is 0.0464. The molecule has 0 saturated heterocycles. The number of anilines is 1. The molecule has 0 spiro atoms. The van der Waals surface area contributed by atoms with E-state index in [1.54, 1.807) is 0 Å². The van der Waals surface area contributed by atoms with E-state index in [9.17, 15) is 9.90 Å². The summed E-state index contributed by atoms with van der Waals surface area (Å²) in [5, 5.41) is 9.26. The lowest BCUT2D eigenvalue weighted by Crippen LogP contribution is -2.37. The number of aliphatic hydroxyl groups excluding tert-OH is 1. The van der Waals surface area contributed by atoms with Crippen molar-refractivity contribution in [3.8, 4) is 0 Å². The summed E-state index contributed by atoms with van der Waals surface area (Å²) in [6, 6.07) is 5.93. The van der Waals surface area contributed by atoms with Gasteiger partial charge >= 0.3 is 0 Å². The SMILES string of the molecule is Cc1ccc(N(C)CC2CC(O)C2)c(C=O)c1. The molecule has 1 N–H and O–H groups in total. The Labute approximate surface area is 102 Å². The Hall–Kier alpha value is -1.35. The molecule has 3 nitrogen and oxygen atoms in total. The van der Waals surface area contributed by atoms with Gasteiger partial charge in [-0.25, -0.2) is 0 Å². The number of aliphatic hydroxyl groups is 1. The third kappa shape index (κ3) is 2.67. The van der Waals surface area contributed by atoms with E-state index in [-0.39, 0.29) is 6.10 Å². The predicted octanol–water partition coefficient (Wildman–Crippen LogP) is 2.01. The first-order chi connectivity index (χ1) is 8.10. The topological polar surface area (TPSA) is 40.5 Å². The molecule has 3 heteroatoms. The van der Waals surface area contributed by atoms with E-state index < -0.39 is 0 Å². The second-order valence-electron chi connectivity index (χ2n) is 5.05. The van der Waals surface area contributed by atoms with Crippen molar-refractivity contribution in [1.29, 1.82) is 0 Å². The lowest BCUT2D eigenvalue weighted by atomic mass is 9.82. The van der Waals surface area contributed by atoms with E-state index >= 15 is 0 Å². The van der Waals surface area contributed by atoms with Crippen LogP contribution < -0.4 is 4.90 Å². The first-order valence-corrected chi connectivity index (χ1v) is 6.05. The maximum atomic E-state index is 11.0. The van der Waals surface area contributed by atoms with E-state index in [1.165, 1.54) is 0 Å². The fraction of sp³-hybridized carbons (Fsp3) is 0.500. The molecule has 1 aliphatic rings. The highest BCUT2D eigenvalue weighted by atomic mass is 16.3. The average molecular weight is 233 g/mol. The molecule has 2 rings (SSSR count). The van der Waals surface area contributed by atoms with Gasteiger partial charge in [-0.15, -0.1) is 0 Å². The summed E-state index contributed by atoms with van der Waals surface area (Å²) in [4.78, 5) is 13.1. The first-order valence-electron chi connectivity index (χ1n) is 6.05. The third-order valence-corrected chi connectivity index (χ3v) is 3.46. The number of benzene rings is 1. The van der Waals surface area contributed by atoms with Crippen LogP contribution in [-0.2, 0) is 0 Å². The summed E-state index contributed by atoms with van der Waals surface area (Å²) in [7, 11) is 2.00. The molecular weight excluding hydrogens is 214 g/mol. The summed E-state index contributed by atoms with van der Waals surface area (Å²) in [6.45, 7) is 2.89. The largest absolute Gasteiger partial charge is 0.393 e. The highest BCUT2D eigenvalue weighted by molar-refractivity contribution is 5.84. The molecule has 0 heterocycles. The Morgan fingerprint density at radius 1 is 1.47 bits per heavy atom. The molecule has 1 aromatic rings. The summed E-state index contributed by atoms with van der Waals surface area (Å²) in [6.07, 6.45) is 2.56. The molecule has 0 amide bonds. The Morgan fingerprint density at radius 2 is 2.18 bits per heavy atom. The van der Waals surface area contributed by atoms with E-state index in [0.717, 1.165) is 42.5 Å². The zero-order valence-electron chi connectivity index (χ0n) is 10.4. The molecule has 0 radical (unpaired) electrons. The van der Waals surface area contributed by atoms with E-state index in [0.29, 0.717) is 5.92 Å². The van der Waals surface area contributed by atoms with Gasteiger partial charge in [0.15, 0.2) is 6.29 Å². The smallest absolute Gasteiger partial charge is 0.152 e. The van der Waals surface area contributed by atoms with Crippen LogP contribution in [-0.4, -0.2) is 31.1 Å². The number of rotatable bonds is 4. The Bertz CT molecular complexity index is 411. The minimum Gasteiger partial charge on any atom is -0.393 e. The maximum Gasteiger partial charge on any atom is 0.152 e. The van der Waals surface area contributed by atoms with Gasteiger partial charge in [0.1, 0.15) is 0 Å². The molecule has 1 saturated carbocycles. The van der Waals surface area contributed by atoms with Crippen molar-refractivity contribution in [2.24, 2.45) is 5.92 Å². The van der Waals surface area contributed by atoms with Gasteiger partial charge in [0.2, 0.25) is 0 Å². The van der Waals surface area contributed by atoms with Gasteiger partial charge < -0.3 is 10.0 Å². The van der Waals surface area contributed by atoms with E-state index in [2.05, 4.69) is 4.90 Å². The van der Waals surface area contributed by atoms with Crippen molar-refractivity contribution < 1.29 is 9.90 Å². The quantitative estimate of drug-likeness (QED) is 0.809. The zero-order chi connectivity index (χ0) is 12.4. The Morgan fingerprint density at radius 3 is 2.76 bits per heavy atom. The van der Waals surface area contributed by atoms with Gasteiger partial charge in [0.05, 0.1) is 6.10 Å². The van der Waals surface area contributed by atoms with Gasteiger partial charge in [0, 0.05) is 24.8 Å². The fourth-order valence-corrected chi connectivity index (χ4v) is 2.45. The van der Waals surface area contributed by atoms with Crippen molar-refractivity contribution in [2.45, 2.75) is 25.9 Å². The zero-order valence-corrected chi connectivity index (χ0v) is 10.4. The molecule has 1 aliphatic carbocycles. The lowest BCUT2D eigenvalue weighted by Gasteiger charge is -2.35. The number of carbonyl (C=O) groups excluding carboxylic acids is 1. The van der Waals surface area contributed by atoms with E-state index in [4.69, 9.17) is 0 Å². The number of hydrogen-bond donors (Lipinski definition) is 1. The van der Waals surface area contributed by atoms with Crippen LogP contribution in [0.4, 0.5) is 5.69 Å². The minimum atomic E-state index is -0.114. The Balaban J connectivity index is 2.07. The monoisotopic (exact) mass is 233 g/mol. The van der Waals surface area contributed by atoms with Gasteiger partial charge in [-0.1, -0.05) is 11.6 Å². The van der Waals surface area contributed by atoms with Gasteiger partial charge in [-0.3, -0.25) is 4.79 Å². The van der Waals surface area contributed by atoms with Crippen LogP contribution in [0, 0.1) is 12.8 Å². The Kier molecular flexibility index (Phi) is 3.48. The second kappa shape index (κ2) is 4.88. The second-order valence-corrected chi connectivity index (χ2v) is 5.05. The van der Waals surface area contributed by atoms with Crippen LogP contribution in [0.5, 0.6) is 0 Å². The van der Waals surface area contributed by atoms with Crippen molar-refractivity contribution >= 4 is 12.0 Å². The van der Waals surface area contributed by atoms with Crippen molar-refractivity contribution in [2.75, 3.05) is 18.5 Å². The van der Waals surface area contributed by atoms with Crippen LogP contribution in [0.3, 0.4) is 0 Å². The standard InChI is InChI=1S/C14H19NO2/c1-10-3-4-14(12(5-10)9-16)15(2)8-11-6-13(17)7-11/h3-5,9,11,13,17H,6-8H2,1-2H3.